The second kappa shape index (κ2) is 4.81. The molecule has 0 aliphatic carbocycles. The molecule has 0 saturated heterocycles. The first-order valence-corrected chi connectivity index (χ1v) is 2.81. The molecule has 2 N–H and O–H groups in total. The minimum atomic E-state index is -1.07. The van der Waals surface area contributed by atoms with Gasteiger partial charge >= 0.3 is 6.09 Å². The van der Waals surface area contributed by atoms with Crippen LogP contribution in [0, 0.1) is 0 Å². The van der Waals surface area contributed by atoms with E-state index in [9.17, 15) is 4.79 Å². The Balaban J connectivity index is 3.59. The number of methoxy groups -OCH3 is 1. The van der Waals surface area contributed by atoms with E-state index in [1.54, 1.807) is 0 Å². The van der Waals surface area contributed by atoms with Crippen LogP contribution >= 0.6 is 0 Å². The lowest BCUT2D eigenvalue weighted by atomic mass is 10.3. The maximum absolute atomic E-state index is 10.0. The van der Waals surface area contributed by atoms with Gasteiger partial charge in [-0.05, 0) is 0 Å². The molecular formula is C6H11NO3. The van der Waals surface area contributed by atoms with Crippen LogP contribution in [0.1, 0.15) is 0 Å². The van der Waals surface area contributed by atoms with Gasteiger partial charge in [0.25, 0.3) is 0 Å². The number of hydrogen-bond donors (Lipinski definition) is 2. The number of carboxylic acid groups (broad SMARTS) is 1. The molecular weight excluding hydrogens is 134 g/mol. The monoisotopic (exact) mass is 145 g/mol. The summed E-state index contributed by atoms with van der Waals surface area (Å²) in [5.74, 6) is 0. The minimum absolute atomic E-state index is 0.315. The summed E-state index contributed by atoms with van der Waals surface area (Å²) in [7, 11) is 1.50. The van der Waals surface area contributed by atoms with E-state index in [1.807, 2.05) is 0 Å². The molecule has 0 bridgehead atoms. The Hall–Kier alpha value is -1.03. The van der Waals surface area contributed by atoms with Gasteiger partial charge in [-0.15, -0.1) is 6.58 Å². The molecule has 0 rings (SSSR count). The van der Waals surface area contributed by atoms with Crippen LogP contribution in [0.3, 0.4) is 0 Å². The summed E-state index contributed by atoms with van der Waals surface area (Å²) in [5, 5.41) is 10.4. The smallest absolute Gasteiger partial charge is 0.405 e. The van der Waals surface area contributed by atoms with Crippen LogP contribution in [-0.4, -0.2) is 31.0 Å². The van der Waals surface area contributed by atoms with Gasteiger partial charge in [0.2, 0.25) is 0 Å². The SMILES string of the molecule is C=CC(COC)NC(=O)O. The highest BCUT2D eigenvalue weighted by atomic mass is 16.5. The van der Waals surface area contributed by atoms with Crippen LogP contribution in [0.25, 0.3) is 0 Å². The van der Waals surface area contributed by atoms with Crippen LogP contribution in [0.15, 0.2) is 12.7 Å². The fourth-order valence-electron chi connectivity index (χ4n) is 0.507. The van der Waals surface area contributed by atoms with Crippen LogP contribution in [0.2, 0.25) is 0 Å². The molecule has 58 valence electrons. The summed E-state index contributed by atoms with van der Waals surface area (Å²) in [6.07, 6.45) is 0.416. The first kappa shape index (κ1) is 8.97. The van der Waals surface area contributed by atoms with E-state index in [-0.39, 0.29) is 6.04 Å². The second-order valence-corrected chi connectivity index (χ2v) is 1.75. The van der Waals surface area contributed by atoms with Crippen LogP contribution < -0.4 is 5.32 Å². The predicted molar refractivity (Wildman–Crippen MR) is 37.0 cm³/mol. The normalized spacial score (nSPS) is 12.1. The van der Waals surface area contributed by atoms with Crippen molar-refractivity contribution in [1.29, 1.82) is 0 Å². The van der Waals surface area contributed by atoms with E-state index in [2.05, 4.69) is 11.9 Å². The summed E-state index contributed by atoms with van der Waals surface area (Å²) in [6, 6.07) is -0.317. The Bertz CT molecular complexity index is 124. The molecule has 0 aliphatic heterocycles. The molecule has 4 heteroatoms. The molecule has 0 aromatic heterocycles. The molecule has 0 aromatic rings. The molecule has 0 heterocycles. The van der Waals surface area contributed by atoms with Gasteiger partial charge in [0.05, 0.1) is 12.6 Å². The van der Waals surface area contributed by atoms with Gasteiger partial charge in [-0.25, -0.2) is 4.79 Å². The van der Waals surface area contributed by atoms with Gasteiger partial charge in [0.1, 0.15) is 0 Å². The molecule has 0 radical (unpaired) electrons. The van der Waals surface area contributed by atoms with Crippen molar-refractivity contribution in [3.8, 4) is 0 Å². The van der Waals surface area contributed by atoms with E-state index in [0.717, 1.165) is 0 Å². The van der Waals surface area contributed by atoms with E-state index in [1.165, 1.54) is 13.2 Å². The van der Waals surface area contributed by atoms with Crippen LogP contribution in [0.4, 0.5) is 4.79 Å². The maximum atomic E-state index is 10.0. The standard InChI is InChI=1S/C6H11NO3/c1-3-5(4-10-2)7-6(8)9/h3,5,7H,1,4H2,2H3,(H,8,9). The molecule has 0 fully saturated rings. The fraction of sp³-hybridized carbons (Fsp3) is 0.500. The highest BCUT2D eigenvalue weighted by molar-refractivity contribution is 5.65. The lowest BCUT2D eigenvalue weighted by Gasteiger charge is -2.09. The number of amides is 1. The highest BCUT2D eigenvalue weighted by Crippen LogP contribution is 1.84. The third-order valence-electron chi connectivity index (χ3n) is 0.940. The number of carbonyl (C=O) groups is 1. The Morgan fingerprint density at radius 2 is 2.60 bits per heavy atom. The maximum Gasteiger partial charge on any atom is 0.405 e. The molecule has 0 aromatic carbocycles. The largest absolute Gasteiger partial charge is 0.465 e. The molecule has 0 saturated carbocycles. The number of rotatable bonds is 4. The Labute approximate surface area is 59.5 Å². The van der Waals surface area contributed by atoms with Gasteiger partial charge < -0.3 is 15.2 Å². The molecule has 0 aliphatic rings. The zero-order valence-corrected chi connectivity index (χ0v) is 5.83. The predicted octanol–water partition coefficient (Wildman–Crippen LogP) is 0.455. The van der Waals surface area contributed by atoms with Gasteiger partial charge in [-0.3, -0.25) is 0 Å². The Kier molecular flexibility index (Phi) is 4.32. The summed E-state index contributed by atoms with van der Waals surface area (Å²) in [4.78, 5) is 10.0. The Morgan fingerprint density at radius 3 is 2.90 bits per heavy atom. The molecule has 1 unspecified atom stereocenters. The number of hydrogen-bond acceptors (Lipinski definition) is 2. The van der Waals surface area contributed by atoms with Crippen molar-refractivity contribution >= 4 is 6.09 Å². The van der Waals surface area contributed by atoms with Crippen molar-refractivity contribution in [2.24, 2.45) is 0 Å². The molecule has 1 amide bonds. The van der Waals surface area contributed by atoms with Crippen molar-refractivity contribution in [1.82, 2.24) is 5.32 Å². The zero-order valence-electron chi connectivity index (χ0n) is 5.83. The summed E-state index contributed by atoms with van der Waals surface area (Å²) >= 11 is 0. The average molecular weight is 145 g/mol. The minimum Gasteiger partial charge on any atom is -0.465 e. The van der Waals surface area contributed by atoms with Crippen molar-refractivity contribution in [3.63, 3.8) is 0 Å². The van der Waals surface area contributed by atoms with Crippen molar-refractivity contribution in [3.05, 3.63) is 12.7 Å². The van der Waals surface area contributed by atoms with E-state index >= 15 is 0 Å². The summed E-state index contributed by atoms with van der Waals surface area (Å²) in [6.45, 7) is 3.74. The lowest BCUT2D eigenvalue weighted by molar-refractivity contribution is 0.163. The molecule has 1 atom stereocenters. The lowest BCUT2D eigenvalue weighted by Crippen LogP contribution is -2.35. The van der Waals surface area contributed by atoms with Crippen molar-refractivity contribution in [2.75, 3.05) is 13.7 Å². The number of nitrogens with one attached hydrogen (secondary N) is 1. The first-order chi connectivity index (χ1) is 4.70. The van der Waals surface area contributed by atoms with E-state index in [0.29, 0.717) is 6.61 Å². The number of ether oxygens (including phenoxy) is 1. The Morgan fingerprint density at radius 1 is 2.00 bits per heavy atom. The molecule has 0 spiro atoms. The summed E-state index contributed by atoms with van der Waals surface area (Å²) in [5.41, 5.74) is 0. The quantitative estimate of drug-likeness (QED) is 0.565. The van der Waals surface area contributed by atoms with E-state index < -0.39 is 6.09 Å². The van der Waals surface area contributed by atoms with Crippen LogP contribution in [0.5, 0.6) is 0 Å². The third kappa shape index (κ3) is 3.91. The molecule has 4 nitrogen and oxygen atoms in total. The van der Waals surface area contributed by atoms with Crippen molar-refractivity contribution in [2.45, 2.75) is 6.04 Å². The summed E-state index contributed by atoms with van der Waals surface area (Å²) < 4.78 is 4.70. The van der Waals surface area contributed by atoms with Crippen molar-refractivity contribution < 1.29 is 14.6 Å². The third-order valence-corrected chi connectivity index (χ3v) is 0.940. The van der Waals surface area contributed by atoms with Gasteiger partial charge in [0.15, 0.2) is 0 Å². The average Bonchev–Trinajstić information content (AvgIpc) is 1.86. The first-order valence-electron chi connectivity index (χ1n) is 2.81. The van der Waals surface area contributed by atoms with E-state index in [4.69, 9.17) is 9.84 Å². The van der Waals surface area contributed by atoms with Gasteiger partial charge in [-0.2, -0.15) is 0 Å². The van der Waals surface area contributed by atoms with Gasteiger partial charge in [0, 0.05) is 7.11 Å². The second-order valence-electron chi connectivity index (χ2n) is 1.75. The van der Waals surface area contributed by atoms with Gasteiger partial charge in [-0.1, -0.05) is 6.08 Å². The topological polar surface area (TPSA) is 58.6 Å². The molecule has 10 heavy (non-hydrogen) atoms. The zero-order chi connectivity index (χ0) is 7.98. The highest BCUT2D eigenvalue weighted by Gasteiger charge is 2.04. The van der Waals surface area contributed by atoms with Crippen LogP contribution in [-0.2, 0) is 4.74 Å². The fourth-order valence-corrected chi connectivity index (χ4v) is 0.507.